The molecule has 0 bridgehead atoms. The van der Waals surface area contributed by atoms with Crippen LogP contribution in [0, 0.1) is 0 Å². The zero-order valence-corrected chi connectivity index (χ0v) is 20.9. The molecule has 0 saturated heterocycles. The van der Waals surface area contributed by atoms with E-state index in [0.29, 0.717) is 0 Å². The van der Waals surface area contributed by atoms with Gasteiger partial charge in [-0.2, -0.15) is 0 Å². The molecule has 2 atom stereocenters. The minimum Gasteiger partial charge on any atom is -0.415 e. The Balaban J connectivity index is 5.70. The van der Waals surface area contributed by atoms with Crippen LogP contribution in [0.4, 0.5) is 0 Å². The molecule has 140 valence electrons. The van der Waals surface area contributed by atoms with Gasteiger partial charge in [0, 0.05) is 0 Å². The molecule has 0 rings (SSSR count). The highest BCUT2D eigenvalue weighted by atomic mass is 28.5. The van der Waals surface area contributed by atoms with Gasteiger partial charge >= 0.3 is 8.80 Å². The maximum atomic E-state index is 9.56. The highest BCUT2D eigenvalue weighted by molar-refractivity contribution is 6.90. The first-order valence-corrected chi connectivity index (χ1v) is 20.4. The van der Waals surface area contributed by atoms with Crippen LogP contribution in [-0.4, -0.2) is 57.3 Å². The maximum Gasteiger partial charge on any atom is 0.499 e. The fraction of sp³-hybridized carbons (Fsp3) is 1.00. The number of ether oxygens (including phenoxy) is 1. The van der Waals surface area contributed by atoms with Crippen molar-refractivity contribution in [2.45, 2.75) is 84.6 Å². The van der Waals surface area contributed by atoms with Crippen LogP contribution in [0.5, 0.6) is 0 Å². The summed E-state index contributed by atoms with van der Waals surface area (Å²) in [6, 6.07) is 0. The van der Waals surface area contributed by atoms with Crippen molar-refractivity contribution < 1.29 is 22.2 Å². The summed E-state index contributed by atoms with van der Waals surface area (Å²) in [5, 5.41) is 9.56. The van der Waals surface area contributed by atoms with Crippen molar-refractivity contribution >= 4 is 33.8 Å². The molecule has 0 spiro atoms. The van der Waals surface area contributed by atoms with Crippen molar-refractivity contribution in [2.75, 3.05) is 6.61 Å². The Morgan fingerprint density at radius 3 is 1.22 bits per heavy atom. The molecule has 2 unspecified atom stereocenters. The first-order chi connectivity index (χ1) is 9.96. The average Bonchev–Trinajstić information content (AvgIpc) is 2.17. The van der Waals surface area contributed by atoms with E-state index >= 15 is 0 Å². The Morgan fingerprint density at radius 1 is 0.696 bits per heavy atom. The van der Waals surface area contributed by atoms with Gasteiger partial charge < -0.3 is 22.2 Å². The Kier molecular flexibility index (Phi) is 8.61. The van der Waals surface area contributed by atoms with Gasteiger partial charge in [-0.15, -0.1) is 0 Å². The van der Waals surface area contributed by atoms with Crippen LogP contribution in [-0.2, 0) is 17.1 Å². The molecule has 23 heavy (non-hydrogen) atoms. The summed E-state index contributed by atoms with van der Waals surface area (Å²) in [5.74, 6) is 0. The third-order valence-corrected chi connectivity index (χ3v) is 14.4. The van der Waals surface area contributed by atoms with Crippen LogP contribution < -0.4 is 0 Å². The molecule has 0 radical (unpaired) electrons. The molecule has 0 aliphatic carbocycles. The van der Waals surface area contributed by atoms with E-state index in [9.17, 15) is 5.11 Å². The Labute approximate surface area is 147 Å². The van der Waals surface area contributed by atoms with Crippen molar-refractivity contribution in [3.05, 3.63) is 0 Å². The summed E-state index contributed by atoms with van der Waals surface area (Å²) in [7, 11) is -8.71. The number of hydrogen-bond acceptors (Lipinski definition) is 5. The first kappa shape index (κ1) is 23.7. The Hall–Kier alpha value is 0.668. The van der Waals surface area contributed by atoms with Gasteiger partial charge in [0.15, 0.2) is 25.0 Å². The smallest absolute Gasteiger partial charge is 0.415 e. The predicted molar refractivity (Wildman–Crippen MR) is 106 cm³/mol. The number of aliphatic hydroxyl groups is 1. The number of hydrogen-bond donors (Lipinski definition) is 1. The summed E-state index contributed by atoms with van der Waals surface area (Å²) < 4.78 is 25.6. The lowest BCUT2D eigenvalue weighted by molar-refractivity contribution is 0.00878. The fourth-order valence-electron chi connectivity index (χ4n) is 1.98. The Morgan fingerprint density at radius 2 is 1.00 bits per heavy atom. The van der Waals surface area contributed by atoms with Gasteiger partial charge in [-0.3, -0.25) is 0 Å². The molecule has 9 heteroatoms. The van der Waals surface area contributed by atoms with Crippen LogP contribution in [0.15, 0.2) is 0 Å². The lowest BCUT2D eigenvalue weighted by Crippen LogP contribution is -2.67. The zero-order chi connectivity index (χ0) is 18.7. The molecule has 0 aliphatic heterocycles. The standard InChI is InChI=1S/C14H38O5Si4/c1-13(15)12-16-14(2)23(17-20(3,4)5,18-21(6,7)8)19-22(9,10)11/h13-15H,12H2,1-11H3. The van der Waals surface area contributed by atoms with Crippen molar-refractivity contribution in [2.24, 2.45) is 0 Å². The molecule has 5 nitrogen and oxygen atoms in total. The second-order valence-corrected chi connectivity index (χ2v) is 26.2. The van der Waals surface area contributed by atoms with Gasteiger partial charge in [-0.25, -0.2) is 0 Å². The van der Waals surface area contributed by atoms with E-state index in [1.165, 1.54) is 0 Å². The Bertz CT molecular complexity index is 317. The number of rotatable bonds is 10. The van der Waals surface area contributed by atoms with Crippen LogP contribution >= 0.6 is 0 Å². The molecule has 1 N–H and O–H groups in total. The average molecular weight is 399 g/mol. The maximum absolute atomic E-state index is 9.56. The van der Waals surface area contributed by atoms with E-state index in [1.54, 1.807) is 6.92 Å². The summed E-state index contributed by atoms with van der Waals surface area (Å²) in [6.45, 7) is 23.3. The molecule has 0 aromatic heterocycles. The molecule has 0 aromatic carbocycles. The summed E-state index contributed by atoms with van der Waals surface area (Å²) >= 11 is 0. The largest absolute Gasteiger partial charge is 0.499 e. The van der Waals surface area contributed by atoms with Crippen molar-refractivity contribution in [1.82, 2.24) is 0 Å². The van der Waals surface area contributed by atoms with E-state index in [-0.39, 0.29) is 12.3 Å². The minimum absolute atomic E-state index is 0.259. The molecular weight excluding hydrogens is 360 g/mol. The van der Waals surface area contributed by atoms with Gasteiger partial charge in [0.25, 0.3) is 0 Å². The van der Waals surface area contributed by atoms with Gasteiger partial charge in [0.05, 0.1) is 12.7 Å². The topological polar surface area (TPSA) is 57.2 Å². The number of aliphatic hydroxyl groups excluding tert-OH is 1. The third-order valence-electron chi connectivity index (χ3n) is 2.43. The second-order valence-electron chi connectivity index (χ2n) is 9.07. The molecule has 0 fully saturated rings. The van der Waals surface area contributed by atoms with Crippen molar-refractivity contribution in [3.8, 4) is 0 Å². The van der Waals surface area contributed by atoms with Gasteiger partial charge in [0.1, 0.15) is 5.73 Å². The lowest BCUT2D eigenvalue weighted by Gasteiger charge is -2.45. The first-order valence-electron chi connectivity index (χ1n) is 8.36. The van der Waals surface area contributed by atoms with E-state index in [4.69, 9.17) is 17.1 Å². The third kappa shape index (κ3) is 11.0. The van der Waals surface area contributed by atoms with Crippen LogP contribution in [0.25, 0.3) is 0 Å². The quantitative estimate of drug-likeness (QED) is 0.567. The summed E-state index contributed by atoms with van der Waals surface area (Å²) in [6.07, 6.45) is -0.519. The molecule has 0 saturated carbocycles. The van der Waals surface area contributed by atoms with Gasteiger partial charge in [-0.1, -0.05) is 0 Å². The minimum atomic E-state index is -3.02. The van der Waals surface area contributed by atoms with Crippen LogP contribution in [0.3, 0.4) is 0 Å². The predicted octanol–water partition coefficient (Wildman–Crippen LogP) is 3.80. The van der Waals surface area contributed by atoms with Crippen molar-refractivity contribution in [1.29, 1.82) is 0 Å². The molecular formula is C14H38O5Si4. The summed E-state index contributed by atoms with van der Waals surface area (Å²) in [4.78, 5) is 0. The highest BCUT2D eigenvalue weighted by Crippen LogP contribution is 2.29. The SMILES string of the molecule is CC(O)COC(C)[Si](O[Si](C)(C)C)(O[Si](C)(C)C)O[Si](C)(C)C. The van der Waals surface area contributed by atoms with E-state index in [0.717, 1.165) is 0 Å². The second kappa shape index (κ2) is 8.37. The summed E-state index contributed by atoms with van der Waals surface area (Å²) in [5.41, 5.74) is -0.290. The highest BCUT2D eigenvalue weighted by Gasteiger charge is 2.55. The molecule has 0 amide bonds. The zero-order valence-electron chi connectivity index (χ0n) is 16.9. The molecule has 0 aromatic rings. The van der Waals surface area contributed by atoms with E-state index in [1.807, 2.05) is 6.92 Å². The normalized spacial score (nSPS) is 17.2. The molecule has 0 heterocycles. The van der Waals surface area contributed by atoms with Gasteiger partial charge in [0.2, 0.25) is 0 Å². The van der Waals surface area contributed by atoms with Gasteiger partial charge in [-0.05, 0) is 72.8 Å². The van der Waals surface area contributed by atoms with E-state index in [2.05, 4.69) is 58.9 Å². The van der Waals surface area contributed by atoms with E-state index < -0.39 is 39.9 Å². The van der Waals surface area contributed by atoms with Crippen molar-refractivity contribution in [3.63, 3.8) is 0 Å². The monoisotopic (exact) mass is 398 g/mol. The molecule has 0 aliphatic rings. The van der Waals surface area contributed by atoms with Crippen LogP contribution in [0.2, 0.25) is 58.9 Å². The lowest BCUT2D eigenvalue weighted by atomic mass is 10.4. The fourth-order valence-corrected chi connectivity index (χ4v) is 16.1. The van der Waals surface area contributed by atoms with Crippen LogP contribution in [0.1, 0.15) is 13.8 Å².